The van der Waals surface area contributed by atoms with Crippen LogP contribution in [0.5, 0.6) is 0 Å². The summed E-state index contributed by atoms with van der Waals surface area (Å²) in [5, 5.41) is 10.6. The van der Waals surface area contributed by atoms with Crippen molar-refractivity contribution in [3.05, 3.63) is 76.6 Å². The Kier molecular flexibility index (Phi) is 5.51. The molecule has 8 nitrogen and oxygen atoms in total. The molecule has 32 heavy (non-hydrogen) atoms. The maximum Gasteiger partial charge on any atom is 0.276 e. The molecule has 4 heterocycles. The molecule has 3 N–H and O–H groups in total. The first kappa shape index (κ1) is 20.1. The molecule has 162 valence electrons. The van der Waals surface area contributed by atoms with Crippen LogP contribution in [0.4, 0.5) is 5.69 Å². The zero-order chi connectivity index (χ0) is 21.9. The topological polar surface area (TPSA) is 107 Å². The number of amides is 1. The van der Waals surface area contributed by atoms with E-state index in [-0.39, 0.29) is 11.5 Å². The van der Waals surface area contributed by atoms with Gasteiger partial charge < -0.3 is 10.3 Å². The number of nitrogens with one attached hydrogen (secondary N) is 3. The molecule has 0 spiro atoms. The first-order valence-corrected chi connectivity index (χ1v) is 10.8. The van der Waals surface area contributed by atoms with E-state index in [2.05, 4.69) is 36.4 Å². The quantitative estimate of drug-likeness (QED) is 0.451. The number of hydrogen-bond donors (Lipinski definition) is 3. The Morgan fingerprint density at radius 1 is 1.03 bits per heavy atom. The van der Waals surface area contributed by atoms with Crippen molar-refractivity contribution in [1.29, 1.82) is 0 Å². The van der Waals surface area contributed by atoms with Gasteiger partial charge in [0.15, 0.2) is 5.69 Å². The minimum atomic E-state index is -0.350. The van der Waals surface area contributed by atoms with Crippen LogP contribution in [-0.4, -0.2) is 44.1 Å². The second-order valence-corrected chi connectivity index (χ2v) is 8.15. The summed E-state index contributed by atoms with van der Waals surface area (Å²) in [7, 11) is 0. The Morgan fingerprint density at radius 2 is 1.91 bits per heavy atom. The van der Waals surface area contributed by atoms with Crippen LogP contribution >= 0.6 is 0 Å². The van der Waals surface area contributed by atoms with Gasteiger partial charge in [0.2, 0.25) is 5.56 Å². The molecule has 1 saturated heterocycles. The fourth-order valence-electron chi connectivity index (χ4n) is 4.15. The molecule has 0 unspecified atom stereocenters. The molecular formula is C24H24N6O2. The summed E-state index contributed by atoms with van der Waals surface area (Å²) in [4.78, 5) is 33.5. The fraction of sp³-hybridized carbons (Fsp3) is 0.250. The van der Waals surface area contributed by atoms with Crippen LogP contribution in [0.15, 0.2) is 59.8 Å². The van der Waals surface area contributed by atoms with Crippen LogP contribution in [0.25, 0.3) is 22.0 Å². The lowest BCUT2D eigenvalue weighted by atomic mass is 10.0. The number of nitrogens with zero attached hydrogens (tertiary/aromatic N) is 3. The van der Waals surface area contributed by atoms with Gasteiger partial charge in [-0.15, -0.1) is 0 Å². The summed E-state index contributed by atoms with van der Waals surface area (Å²) in [5.41, 5.74) is 4.51. The molecule has 4 aromatic rings. The second-order valence-electron chi connectivity index (χ2n) is 8.15. The third kappa shape index (κ3) is 4.31. The molecule has 5 rings (SSSR count). The van der Waals surface area contributed by atoms with Crippen molar-refractivity contribution in [1.82, 2.24) is 25.1 Å². The number of pyridine rings is 2. The number of carbonyl (C=O) groups excluding carboxylic acids is 1. The highest BCUT2D eigenvalue weighted by Gasteiger charge is 2.16. The SMILES string of the molecule is O=C(Nc1ccc(=O)[nH]c1)c1n[nH]c2ccc(-c3cncc(CN4CCCCC4)c3)cc12. The molecule has 0 saturated carbocycles. The maximum atomic E-state index is 12.8. The highest BCUT2D eigenvalue weighted by molar-refractivity contribution is 6.11. The second kappa shape index (κ2) is 8.76. The predicted molar refractivity (Wildman–Crippen MR) is 123 cm³/mol. The van der Waals surface area contributed by atoms with Crippen molar-refractivity contribution in [2.45, 2.75) is 25.8 Å². The summed E-state index contributed by atoms with van der Waals surface area (Å²) in [6, 6.07) is 11.0. The van der Waals surface area contributed by atoms with E-state index >= 15 is 0 Å². The molecule has 0 radical (unpaired) electrons. The minimum Gasteiger partial charge on any atom is -0.327 e. The summed E-state index contributed by atoms with van der Waals surface area (Å²) in [5.74, 6) is -0.350. The van der Waals surface area contributed by atoms with Gasteiger partial charge in [-0.1, -0.05) is 12.5 Å². The van der Waals surface area contributed by atoms with Gasteiger partial charge in [-0.25, -0.2) is 0 Å². The number of anilines is 1. The predicted octanol–water partition coefficient (Wildman–Crippen LogP) is 3.55. The van der Waals surface area contributed by atoms with Gasteiger partial charge in [0.05, 0.1) is 11.2 Å². The van der Waals surface area contributed by atoms with Crippen LogP contribution < -0.4 is 10.9 Å². The van der Waals surface area contributed by atoms with E-state index < -0.39 is 0 Å². The Labute approximate surface area is 184 Å². The normalized spacial score (nSPS) is 14.5. The molecule has 0 atom stereocenters. The Morgan fingerprint density at radius 3 is 2.72 bits per heavy atom. The standard InChI is InChI=1S/C24H24N6O2/c31-22-7-5-19(14-26-22)27-24(32)23-20-11-17(4-6-21(20)28-29-23)18-10-16(12-25-13-18)15-30-8-2-1-3-9-30/h4-7,10-14H,1-3,8-9,15H2,(H,26,31)(H,27,32)(H,28,29). The molecule has 1 aromatic carbocycles. The molecule has 8 heteroatoms. The van der Waals surface area contributed by atoms with Gasteiger partial charge in [0.25, 0.3) is 5.91 Å². The van der Waals surface area contributed by atoms with Gasteiger partial charge in [-0.3, -0.25) is 24.6 Å². The molecule has 0 aliphatic carbocycles. The number of aromatic nitrogens is 4. The summed E-state index contributed by atoms with van der Waals surface area (Å²) in [6.07, 6.45) is 9.07. The number of piperidine rings is 1. The summed E-state index contributed by atoms with van der Waals surface area (Å²) >= 11 is 0. The van der Waals surface area contributed by atoms with E-state index in [1.165, 1.54) is 37.1 Å². The highest BCUT2D eigenvalue weighted by Crippen LogP contribution is 2.26. The van der Waals surface area contributed by atoms with Crippen molar-refractivity contribution in [2.75, 3.05) is 18.4 Å². The van der Waals surface area contributed by atoms with Crippen molar-refractivity contribution in [3.8, 4) is 11.1 Å². The van der Waals surface area contributed by atoms with Crippen LogP contribution in [-0.2, 0) is 6.54 Å². The van der Waals surface area contributed by atoms with Crippen LogP contribution in [0.2, 0.25) is 0 Å². The number of fused-ring (bicyclic) bond motifs is 1. The smallest absolute Gasteiger partial charge is 0.276 e. The number of likely N-dealkylation sites (tertiary alicyclic amines) is 1. The Balaban J connectivity index is 1.41. The fourth-order valence-corrected chi connectivity index (χ4v) is 4.15. The maximum absolute atomic E-state index is 12.8. The van der Waals surface area contributed by atoms with Crippen molar-refractivity contribution >= 4 is 22.5 Å². The van der Waals surface area contributed by atoms with E-state index in [1.807, 2.05) is 30.6 Å². The lowest BCUT2D eigenvalue weighted by Crippen LogP contribution is -2.29. The van der Waals surface area contributed by atoms with Gasteiger partial charge in [0.1, 0.15) is 0 Å². The monoisotopic (exact) mass is 428 g/mol. The van der Waals surface area contributed by atoms with Crippen LogP contribution in [0.3, 0.4) is 0 Å². The summed E-state index contributed by atoms with van der Waals surface area (Å²) < 4.78 is 0. The molecule has 1 fully saturated rings. The molecule has 1 aliphatic heterocycles. The van der Waals surface area contributed by atoms with Gasteiger partial charge in [-0.05, 0) is 61.3 Å². The van der Waals surface area contributed by atoms with E-state index in [4.69, 9.17) is 0 Å². The first-order valence-electron chi connectivity index (χ1n) is 10.8. The zero-order valence-corrected chi connectivity index (χ0v) is 17.6. The van der Waals surface area contributed by atoms with E-state index in [1.54, 1.807) is 6.07 Å². The molecule has 1 amide bonds. The Bertz CT molecular complexity index is 1300. The van der Waals surface area contributed by atoms with Crippen molar-refractivity contribution < 1.29 is 4.79 Å². The van der Waals surface area contributed by atoms with E-state index in [9.17, 15) is 9.59 Å². The third-order valence-electron chi connectivity index (χ3n) is 5.80. The van der Waals surface area contributed by atoms with Gasteiger partial charge in [0, 0.05) is 42.2 Å². The zero-order valence-electron chi connectivity index (χ0n) is 17.6. The highest BCUT2D eigenvalue weighted by atomic mass is 16.2. The average Bonchev–Trinajstić information content (AvgIpc) is 3.25. The lowest BCUT2D eigenvalue weighted by Gasteiger charge is -2.26. The molecule has 3 aromatic heterocycles. The molecular weight excluding hydrogens is 404 g/mol. The summed E-state index contributed by atoms with van der Waals surface area (Å²) in [6.45, 7) is 3.18. The third-order valence-corrected chi connectivity index (χ3v) is 5.80. The van der Waals surface area contributed by atoms with Crippen LogP contribution in [0.1, 0.15) is 35.3 Å². The Hall–Kier alpha value is -3.78. The van der Waals surface area contributed by atoms with Gasteiger partial charge >= 0.3 is 0 Å². The number of hydrogen-bond acceptors (Lipinski definition) is 5. The molecule has 1 aliphatic rings. The van der Waals surface area contributed by atoms with Gasteiger partial charge in [-0.2, -0.15) is 5.10 Å². The van der Waals surface area contributed by atoms with Crippen molar-refractivity contribution in [2.24, 2.45) is 0 Å². The largest absolute Gasteiger partial charge is 0.327 e. The minimum absolute atomic E-state index is 0.228. The molecule has 0 bridgehead atoms. The van der Waals surface area contributed by atoms with E-state index in [0.29, 0.717) is 11.4 Å². The van der Waals surface area contributed by atoms with Crippen molar-refractivity contribution in [3.63, 3.8) is 0 Å². The number of aromatic amines is 2. The van der Waals surface area contributed by atoms with E-state index in [0.717, 1.165) is 41.7 Å². The average molecular weight is 428 g/mol. The number of H-pyrrole nitrogens is 2. The van der Waals surface area contributed by atoms with Crippen LogP contribution in [0, 0.1) is 0 Å². The number of carbonyl (C=O) groups is 1. The number of benzene rings is 1. The first-order chi connectivity index (χ1) is 15.7. The lowest BCUT2D eigenvalue weighted by molar-refractivity contribution is 0.102. The number of rotatable bonds is 5.